The van der Waals surface area contributed by atoms with E-state index >= 15 is 0 Å². The number of nitrogens with one attached hydrogen (secondary N) is 1. The minimum Gasteiger partial charge on any atom is -0.387 e. The lowest BCUT2D eigenvalue weighted by Crippen LogP contribution is -2.15. The molecule has 0 aliphatic heterocycles. The average Bonchev–Trinajstić information content (AvgIpc) is 2.68. The summed E-state index contributed by atoms with van der Waals surface area (Å²) in [6, 6.07) is 0. The number of carbonyl (C=O) groups is 1. The van der Waals surface area contributed by atoms with Gasteiger partial charge in [0, 0.05) is 0 Å². The zero-order chi connectivity index (χ0) is 11.3. The fourth-order valence-electron chi connectivity index (χ4n) is 1.08. The van der Waals surface area contributed by atoms with Crippen LogP contribution in [0.3, 0.4) is 0 Å². The van der Waals surface area contributed by atoms with Crippen molar-refractivity contribution in [3.05, 3.63) is 30.5 Å². The molecular weight excluding hydrogens is 196 g/mol. The molecule has 0 radical (unpaired) electrons. The molecule has 0 unspecified atom stereocenters. The number of rotatable bonds is 4. The van der Waals surface area contributed by atoms with Gasteiger partial charge in [-0.2, -0.15) is 0 Å². The predicted molar refractivity (Wildman–Crippen MR) is 56.1 cm³/mol. The number of hydrogen-bond acceptors (Lipinski definition) is 4. The predicted octanol–water partition coefficient (Wildman–Crippen LogP) is 1.19. The van der Waals surface area contributed by atoms with Crippen molar-refractivity contribution in [3.8, 4) is 0 Å². The minimum absolute atomic E-state index is 0.210. The SMILES string of the molecule is C=C/C(=C\C)c1cnoc1NC(=O)CO. The second kappa shape index (κ2) is 5.11. The summed E-state index contributed by atoms with van der Waals surface area (Å²) < 4.78 is 4.84. The molecule has 1 heterocycles. The first-order chi connectivity index (χ1) is 7.22. The Morgan fingerprint density at radius 3 is 3.07 bits per heavy atom. The lowest BCUT2D eigenvalue weighted by molar-refractivity contribution is -0.118. The molecule has 1 aromatic heterocycles. The monoisotopic (exact) mass is 208 g/mol. The number of aliphatic hydroxyl groups is 1. The van der Waals surface area contributed by atoms with Crippen LogP contribution in [0.25, 0.3) is 5.57 Å². The molecule has 80 valence electrons. The maximum absolute atomic E-state index is 10.9. The first kappa shape index (κ1) is 11.2. The molecule has 0 saturated carbocycles. The molecule has 5 nitrogen and oxygen atoms in total. The van der Waals surface area contributed by atoms with Gasteiger partial charge in [0.15, 0.2) is 0 Å². The molecule has 1 rings (SSSR count). The molecule has 0 spiro atoms. The molecule has 0 atom stereocenters. The van der Waals surface area contributed by atoms with Gasteiger partial charge in [0.05, 0.1) is 11.8 Å². The van der Waals surface area contributed by atoms with Gasteiger partial charge in [-0.3, -0.25) is 10.1 Å². The third-order valence-corrected chi connectivity index (χ3v) is 1.81. The summed E-state index contributed by atoms with van der Waals surface area (Å²) in [5.74, 6) is -0.338. The maximum atomic E-state index is 10.9. The van der Waals surface area contributed by atoms with Crippen LogP contribution in [-0.4, -0.2) is 22.8 Å². The number of aliphatic hydroxyl groups excluding tert-OH is 1. The van der Waals surface area contributed by atoms with E-state index in [2.05, 4.69) is 17.1 Å². The zero-order valence-electron chi connectivity index (χ0n) is 8.36. The number of aromatic nitrogens is 1. The molecule has 5 heteroatoms. The van der Waals surface area contributed by atoms with Crippen LogP contribution < -0.4 is 5.32 Å². The first-order valence-electron chi connectivity index (χ1n) is 4.37. The highest BCUT2D eigenvalue weighted by molar-refractivity contribution is 5.93. The summed E-state index contributed by atoms with van der Waals surface area (Å²) in [6.45, 7) is 4.87. The Morgan fingerprint density at radius 1 is 1.80 bits per heavy atom. The minimum atomic E-state index is -0.598. The fourth-order valence-corrected chi connectivity index (χ4v) is 1.08. The van der Waals surface area contributed by atoms with E-state index < -0.39 is 12.5 Å². The Hall–Kier alpha value is -1.88. The number of anilines is 1. The molecule has 0 saturated heterocycles. The van der Waals surface area contributed by atoms with Crippen molar-refractivity contribution in [1.82, 2.24) is 5.16 Å². The molecule has 0 aromatic carbocycles. The number of nitrogens with zero attached hydrogens (tertiary/aromatic N) is 1. The van der Waals surface area contributed by atoms with Crippen LogP contribution in [0.2, 0.25) is 0 Å². The average molecular weight is 208 g/mol. The Labute approximate surface area is 87.1 Å². The molecule has 0 fully saturated rings. The summed E-state index contributed by atoms with van der Waals surface area (Å²) in [7, 11) is 0. The van der Waals surface area contributed by atoms with Crippen molar-refractivity contribution in [3.63, 3.8) is 0 Å². The third kappa shape index (κ3) is 2.54. The van der Waals surface area contributed by atoms with E-state index in [0.29, 0.717) is 5.56 Å². The molecule has 1 aromatic rings. The highest BCUT2D eigenvalue weighted by atomic mass is 16.5. The summed E-state index contributed by atoms with van der Waals surface area (Å²) in [5.41, 5.74) is 1.43. The number of carbonyl (C=O) groups excluding carboxylic acids is 1. The van der Waals surface area contributed by atoms with Gasteiger partial charge in [0.1, 0.15) is 6.61 Å². The van der Waals surface area contributed by atoms with E-state index in [0.717, 1.165) is 5.57 Å². The second-order valence-electron chi connectivity index (χ2n) is 2.72. The van der Waals surface area contributed by atoms with Crippen LogP contribution in [0.4, 0.5) is 5.88 Å². The molecule has 0 aliphatic carbocycles. The van der Waals surface area contributed by atoms with Gasteiger partial charge in [-0.1, -0.05) is 23.9 Å². The molecule has 1 amide bonds. The van der Waals surface area contributed by atoms with Crippen molar-refractivity contribution in [2.24, 2.45) is 0 Å². The quantitative estimate of drug-likeness (QED) is 0.729. The van der Waals surface area contributed by atoms with Crippen LogP contribution in [0.1, 0.15) is 12.5 Å². The smallest absolute Gasteiger partial charge is 0.252 e. The summed E-state index contributed by atoms with van der Waals surface area (Å²) in [6.07, 6.45) is 4.92. The normalized spacial score (nSPS) is 11.2. The third-order valence-electron chi connectivity index (χ3n) is 1.81. The van der Waals surface area contributed by atoms with E-state index in [1.54, 1.807) is 6.08 Å². The largest absolute Gasteiger partial charge is 0.387 e. The van der Waals surface area contributed by atoms with Crippen LogP contribution in [0, 0.1) is 0 Å². The second-order valence-corrected chi connectivity index (χ2v) is 2.72. The van der Waals surface area contributed by atoms with E-state index in [1.807, 2.05) is 13.0 Å². The summed E-state index contributed by atoms with van der Waals surface area (Å²) >= 11 is 0. The molecule has 0 bridgehead atoms. The Morgan fingerprint density at radius 2 is 2.53 bits per heavy atom. The van der Waals surface area contributed by atoms with Gasteiger partial charge in [0.2, 0.25) is 5.88 Å². The topological polar surface area (TPSA) is 75.4 Å². The number of allylic oxidation sites excluding steroid dienone is 3. The van der Waals surface area contributed by atoms with Gasteiger partial charge in [0.25, 0.3) is 5.91 Å². The maximum Gasteiger partial charge on any atom is 0.252 e. The van der Waals surface area contributed by atoms with Crippen molar-refractivity contribution in [1.29, 1.82) is 0 Å². The zero-order valence-corrected chi connectivity index (χ0v) is 8.36. The summed E-state index contributed by atoms with van der Waals surface area (Å²) in [5, 5.41) is 14.5. The van der Waals surface area contributed by atoms with Crippen molar-refractivity contribution in [2.75, 3.05) is 11.9 Å². The number of amides is 1. The standard InChI is InChI=1S/C10H12N2O3/c1-3-7(4-2)8-5-11-15-10(8)12-9(14)6-13/h3-5,13H,1,6H2,2H3,(H,12,14)/b7-4+. The molecule has 2 N–H and O–H groups in total. The van der Waals surface area contributed by atoms with E-state index in [4.69, 9.17) is 9.63 Å². The van der Waals surface area contributed by atoms with Gasteiger partial charge >= 0.3 is 0 Å². The van der Waals surface area contributed by atoms with Crippen molar-refractivity contribution >= 4 is 17.4 Å². The highest BCUT2D eigenvalue weighted by Crippen LogP contribution is 2.24. The van der Waals surface area contributed by atoms with Crippen LogP contribution in [0.15, 0.2) is 29.5 Å². The molecule has 15 heavy (non-hydrogen) atoms. The molecule has 0 aliphatic rings. The van der Waals surface area contributed by atoms with Crippen LogP contribution in [0.5, 0.6) is 0 Å². The van der Waals surface area contributed by atoms with E-state index in [1.165, 1.54) is 6.20 Å². The lowest BCUT2D eigenvalue weighted by atomic mass is 10.1. The Bertz CT molecular complexity index is 393. The van der Waals surface area contributed by atoms with Crippen molar-refractivity contribution in [2.45, 2.75) is 6.92 Å². The van der Waals surface area contributed by atoms with Crippen LogP contribution in [-0.2, 0) is 4.79 Å². The number of hydrogen-bond donors (Lipinski definition) is 2. The molecular formula is C10H12N2O3. The van der Waals surface area contributed by atoms with E-state index in [-0.39, 0.29) is 5.88 Å². The lowest BCUT2D eigenvalue weighted by Gasteiger charge is -2.01. The van der Waals surface area contributed by atoms with Gasteiger partial charge in [-0.05, 0) is 12.5 Å². The van der Waals surface area contributed by atoms with Crippen LogP contribution >= 0.6 is 0 Å². The van der Waals surface area contributed by atoms with Gasteiger partial charge in [-0.25, -0.2) is 0 Å². The van der Waals surface area contributed by atoms with Gasteiger partial charge in [-0.15, -0.1) is 0 Å². The van der Waals surface area contributed by atoms with Gasteiger partial charge < -0.3 is 9.63 Å². The fraction of sp³-hybridized carbons (Fsp3) is 0.200. The highest BCUT2D eigenvalue weighted by Gasteiger charge is 2.12. The summed E-state index contributed by atoms with van der Waals surface area (Å²) in [4.78, 5) is 10.9. The Balaban J connectivity index is 2.96. The Kier molecular flexibility index (Phi) is 3.82. The van der Waals surface area contributed by atoms with Crippen molar-refractivity contribution < 1.29 is 14.4 Å². The first-order valence-corrected chi connectivity index (χ1v) is 4.37. The van der Waals surface area contributed by atoms with E-state index in [9.17, 15) is 4.79 Å².